The van der Waals surface area contributed by atoms with Gasteiger partial charge in [0.25, 0.3) is 0 Å². The zero-order valence-corrected chi connectivity index (χ0v) is 8.36. The van der Waals surface area contributed by atoms with E-state index >= 15 is 0 Å². The van der Waals surface area contributed by atoms with E-state index in [1.807, 2.05) is 25.3 Å². The zero-order chi connectivity index (χ0) is 9.97. The molecule has 0 aliphatic heterocycles. The fourth-order valence-electron chi connectivity index (χ4n) is 1.39. The molecule has 2 heteroatoms. The monoisotopic (exact) mass is 184 g/mol. The molecule has 0 N–H and O–H groups in total. The Balaban J connectivity index is 2.50. The van der Waals surface area contributed by atoms with Crippen LogP contribution in [-0.4, -0.2) is 9.97 Å². The van der Waals surface area contributed by atoms with Crippen molar-refractivity contribution < 1.29 is 0 Å². The van der Waals surface area contributed by atoms with Crippen LogP contribution in [0.25, 0.3) is 11.3 Å². The fraction of sp³-hybridized carbons (Fsp3) is 0.167. The first-order chi connectivity index (χ1) is 6.77. The first-order valence-corrected chi connectivity index (χ1v) is 4.62. The molecule has 1 aromatic carbocycles. The van der Waals surface area contributed by atoms with Crippen molar-refractivity contribution in [3.63, 3.8) is 0 Å². The molecule has 0 amide bonds. The summed E-state index contributed by atoms with van der Waals surface area (Å²) in [5, 5.41) is 0. The lowest BCUT2D eigenvalue weighted by molar-refractivity contribution is 1.12. The molecule has 0 atom stereocenters. The molecule has 70 valence electrons. The molecule has 0 spiro atoms. The summed E-state index contributed by atoms with van der Waals surface area (Å²) in [6.45, 7) is 4.02. The minimum atomic E-state index is 0.939. The van der Waals surface area contributed by atoms with E-state index < -0.39 is 0 Å². The van der Waals surface area contributed by atoms with E-state index in [9.17, 15) is 0 Å². The molecule has 0 saturated heterocycles. The van der Waals surface area contributed by atoms with E-state index in [1.165, 1.54) is 5.56 Å². The topological polar surface area (TPSA) is 25.8 Å². The molecule has 2 nitrogen and oxygen atoms in total. The van der Waals surface area contributed by atoms with Crippen molar-refractivity contribution in [3.8, 4) is 11.3 Å². The highest BCUT2D eigenvalue weighted by Crippen LogP contribution is 2.19. The maximum Gasteiger partial charge on any atom is 0.0888 e. The van der Waals surface area contributed by atoms with E-state index in [2.05, 4.69) is 29.0 Å². The molecular formula is C12H12N2. The Bertz CT molecular complexity index is 432. The number of nitrogens with zero attached hydrogens (tertiary/aromatic N) is 2. The van der Waals surface area contributed by atoms with Crippen molar-refractivity contribution in [1.29, 1.82) is 0 Å². The molecule has 14 heavy (non-hydrogen) atoms. The Morgan fingerprint density at radius 2 is 1.71 bits per heavy atom. The Labute approximate surface area is 83.7 Å². The van der Waals surface area contributed by atoms with Crippen LogP contribution in [0.4, 0.5) is 0 Å². The van der Waals surface area contributed by atoms with Crippen molar-refractivity contribution in [2.75, 3.05) is 0 Å². The summed E-state index contributed by atoms with van der Waals surface area (Å²) in [4.78, 5) is 8.58. The predicted octanol–water partition coefficient (Wildman–Crippen LogP) is 2.76. The van der Waals surface area contributed by atoms with Crippen LogP contribution in [0.1, 0.15) is 11.3 Å². The average molecular weight is 184 g/mol. The first-order valence-electron chi connectivity index (χ1n) is 4.62. The summed E-state index contributed by atoms with van der Waals surface area (Å²) in [6, 6.07) is 8.19. The Morgan fingerprint density at radius 3 is 2.36 bits per heavy atom. The predicted molar refractivity (Wildman–Crippen MR) is 56.9 cm³/mol. The SMILES string of the molecule is Cc1cnc(-c2ccccc2C)cn1. The fourth-order valence-corrected chi connectivity index (χ4v) is 1.39. The van der Waals surface area contributed by atoms with Gasteiger partial charge in [0.05, 0.1) is 17.6 Å². The van der Waals surface area contributed by atoms with Gasteiger partial charge in [-0.3, -0.25) is 9.97 Å². The summed E-state index contributed by atoms with van der Waals surface area (Å²) in [7, 11) is 0. The van der Waals surface area contributed by atoms with Crippen molar-refractivity contribution in [1.82, 2.24) is 9.97 Å². The van der Waals surface area contributed by atoms with Crippen LogP contribution >= 0.6 is 0 Å². The molecule has 2 aromatic rings. The zero-order valence-electron chi connectivity index (χ0n) is 8.36. The molecule has 0 aliphatic carbocycles. The van der Waals surface area contributed by atoms with Crippen LogP contribution in [0.5, 0.6) is 0 Å². The molecule has 0 aliphatic rings. The molecule has 0 fully saturated rings. The maximum absolute atomic E-state index is 4.35. The third-order valence-corrected chi connectivity index (χ3v) is 2.20. The third kappa shape index (κ3) is 1.64. The molecule has 1 heterocycles. The number of aromatic nitrogens is 2. The first kappa shape index (κ1) is 8.88. The Kier molecular flexibility index (Phi) is 2.27. The molecule has 2 rings (SSSR count). The highest BCUT2D eigenvalue weighted by atomic mass is 14.8. The van der Waals surface area contributed by atoms with Crippen LogP contribution in [-0.2, 0) is 0 Å². The molecule has 0 saturated carbocycles. The van der Waals surface area contributed by atoms with Gasteiger partial charge >= 0.3 is 0 Å². The van der Waals surface area contributed by atoms with Crippen LogP contribution in [0.3, 0.4) is 0 Å². The van der Waals surface area contributed by atoms with Crippen LogP contribution in [0, 0.1) is 13.8 Å². The van der Waals surface area contributed by atoms with Crippen molar-refractivity contribution in [2.45, 2.75) is 13.8 Å². The van der Waals surface area contributed by atoms with Gasteiger partial charge in [-0.1, -0.05) is 24.3 Å². The quantitative estimate of drug-likeness (QED) is 0.681. The summed E-state index contributed by atoms with van der Waals surface area (Å²) < 4.78 is 0. The lowest BCUT2D eigenvalue weighted by Crippen LogP contribution is -1.89. The smallest absolute Gasteiger partial charge is 0.0888 e. The van der Waals surface area contributed by atoms with Gasteiger partial charge in [0.1, 0.15) is 0 Å². The van der Waals surface area contributed by atoms with Crippen LogP contribution in [0.2, 0.25) is 0 Å². The minimum absolute atomic E-state index is 0.939. The molecule has 0 radical (unpaired) electrons. The second-order valence-electron chi connectivity index (χ2n) is 3.36. The second kappa shape index (κ2) is 3.58. The number of aryl methyl sites for hydroxylation is 2. The van der Waals surface area contributed by atoms with Gasteiger partial charge in [-0.15, -0.1) is 0 Å². The van der Waals surface area contributed by atoms with Gasteiger partial charge in [-0.25, -0.2) is 0 Å². The molecule has 0 unspecified atom stereocenters. The lowest BCUT2D eigenvalue weighted by atomic mass is 10.1. The van der Waals surface area contributed by atoms with Gasteiger partial charge in [-0.05, 0) is 19.4 Å². The number of hydrogen-bond acceptors (Lipinski definition) is 2. The number of hydrogen-bond donors (Lipinski definition) is 0. The Morgan fingerprint density at radius 1 is 0.929 bits per heavy atom. The van der Waals surface area contributed by atoms with Crippen molar-refractivity contribution in [2.24, 2.45) is 0 Å². The van der Waals surface area contributed by atoms with E-state index in [1.54, 1.807) is 6.20 Å². The summed E-state index contributed by atoms with van der Waals surface area (Å²) in [6.07, 6.45) is 3.61. The van der Waals surface area contributed by atoms with E-state index in [-0.39, 0.29) is 0 Å². The molecular weight excluding hydrogens is 172 g/mol. The lowest BCUT2D eigenvalue weighted by Gasteiger charge is -2.03. The summed E-state index contributed by atoms with van der Waals surface area (Å²) in [5.41, 5.74) is 4.27. The van der Waals surface area contributed by atoms with Crippen molar-refractivity contribution in [3.05, 3.63) is 47.9 Å². The van der Waals surface area contributed by atoms with Gasteiger partial charge in [0.15, 0.2) is 0 Å². The highest BCUT2D eigenvalue weighted by Gasteiger charge is 2.01. The summed E-state index contributed by atoms with van der Waals surface area (Å²) in [5.74, 6) is 0. The van der Waals surface area contributed by atoms with Gasteiger partial charge in [0.2, 0.25) is 0 Å². The number of rotatable bonds is 1. The highest BCUT2D eigenvalue weighted by molar-refractivity contribution is 5.62. The van der Waals surface area contributed by atoms with Crippen LogP contribution < -0.4 is 0 Å². The van der Waals surface area contributed by atoms with Crippen LogP contribution in [0.15, 0.2) is 36.7 Å². The average Bonchev–Trinajstić information content (AvgIpc) is 2.20. The normalized spacial score (nSPS) is 10.1. The van der Waals surface area contributed by atoms with Gasteiger partial charge in [-0.2, -0.15) is 0 Å². The third-order valence-electron chi connectivity index (χ3n) is 2.20. The molecule has 1 aromatic heterocycles. The van der Waals surface area contributed by atoms with E-state index in [0.29, 0.717) is 0 Å². The van der Waals surface area contributed by atoms with Gasteiger partial charge in [0, 0.05) is 11.8 Å². The molecule has 0 bridgehead atoms. The number of benzene rings is 1. The minimum Gasteiger partial charge on any atom is -0.258 e. The largest absolute Gasteiger partial charge is 0.258 e. The standard InChI is InChI=1S/C12H12N2/c1-9-5-3-4-6-11(9)12-8-13-10(2)7-14-12/h3-8H,1-2H3. The van der Waals surface area contributed by atoms with E-state index in [0.717, 1.165) is 17.0 Å². The Hall–Kier alpha value is -1.70. The van der Waals surface area contributed by atoms with Gasteiger partial charge < -0.3 is 0 Å². The summed E-state index contributed by atoms with van der Waals surface area (Å²) >= 11 is 0. The van der Waals surface area contributed by atoms with Crippen molar-refractivity contribution >= 4 is 0 Å². The maximum atomic E-state index is 4.35. The van der Waals surface area contributed by atoms with E-state index in [4.69, 9.17) is 0 Å². The second-order valence-corrected chi connectivity index (χ2v) is 3.36.